The molecule has 0 amide bonds. The van der Waals surface area contributed by atoms with Crippen LogP contribution in [-0.2, 0) is 11.8 Å². The van der Waals surface area contributed by atoms with Crippen LogP contribution in [0.1, 0.15) is 43.2 Å². The predicted octanol–water partition coefficient (Wildman–Crippen LogP) is 3.76. The van der Waals surface area contributed by atoms with Crippen LogP contribution in [0.2, 0.25) is 0 Å². The van der Waals surface area contributed by atoms with E-state index in [9.17, 15) is 0 Å². The van der Waals surface area contributed by atoms with E-state index < -0.39 is 0 Å². The van der Waals surface area contributed by atoms with Gasteiger partial charge in [0.1, 0.15) is 0 Å². The second-order valence-electron chi connectivity index (χ2n) is 6.39. The molecule has 0 aliphatic carbocycles. The monoisotopic (exact) mass is 272 g/mol. The minimum Gasteiger partial charge on any atom is -0.356 e. The summed E-state index contributed by atoms with van der Waals surface area (Å²) in [6, 6.07) is 6.56. The number of rotatable bonds is 3. The summed E-state index contributed by atoms with van der Waals surface area (Å²) in [4.78, 5) is 0. The van der Waals surface area contributed by atoms with Gasteiger partial charge in [-0.25, -0.2) is 0 Å². The van der Waals surface area contributed by atoms with Crippen LogP contribution in [0, 0.1) is 13.8 Å². The van der Waals surface area contributed by atoms with Gasteiger partial charge in [-0.3, -0.25) is 0 Å². The maximum absolute atomic E-state index is 5.70. The molecule has 1 aromatic heterocycles. The standard InChI is InChI=1S/C17H24N2O/c1-11-6-7-13(17(3,4)5)10-15(11)16-14(8-9-18)12(2)19-20-16/h6-7,10H,8-9,18H2,1-5H3. The van der Waals surface area contributed by atoms with Gasteiger partial charge in [-0.1, -0.05) is 38.1 Å². The molecule has 20 heavy (non-hydrogen) atoms. The number of aryl methyl sites for hydroxylation is 2. The van der Waals surface area contributed by atoms with Crippen molar-refractivity contribution in [3.63, 3.8) is 0 Å². The Morgan fingerprint density at radius 3 is 2.50 bits per heavy atom. The summed E-state index contributed by atoms with van der Waals surface area (Å²) in [5.41, 5.74) is 11.5. The van der Waals surface area contributed by atoms with Crippen molar-refractivity contribution in [2.75, 3.05) is 6.54 Å². The molecule has 0 fully saturated rings. The number of nitrogens with two attached hydrogens (primary N) is 1. The van der Waals surface area contributed by atoms with Crippen LogP contribution in [0.25, 0.3) is 11.3 Å². The first kappa shape index (κ1) is 14.8. The van der Waals surface area contributed by atoms with Gasteiger partial charge in [-0.2, -0.15) is 0 Å². The summed E-state index contributed by atoms with van der Waals surface area (Å²) in [5.74, 6) is 0.872. The van der Waals surface area contributed by atoms with Crippen LogP contribution < -0.4 is 5.73 Å². The van der Waals surface area contributed by atoms with Crippen molar-refractivity contribution in [3.8, 4) is 11.3 Å². The third kappa shape index (κ3) is 2.78. The zero-order valence-corrected chi connectivity index (χ0v) is 13.1. The molecule has 2 aromatic rings. The summed E-state index contributed by atoms with van der Waals surface area (Å²) < 4.78 is 5.58. The molecule has 0 atom stereocenters. The average molecular weight is 272 g/mol. The Labute approximate surface area is 121 Å². The predicted molar refractivity (Wildman–Crippen MR) is 82.9 cm³/mol. The number of hydrogen-bond donors (Lipinski definition) is 1. The van der Waals surface area contributed by atoms with E-state index in [-0.39, 0.29) is 5.41 Å². The Morgan fingerprint density at radius 1 is 1.20 bits per heavy atom. The molecule has 0 aliphatic rings. The van der Waals surface area contributed by atoms with Gasteiger partial charge in [0.25, 0.3) is 0 Å². The van der Waals surface area contributed by atoms with E-state index in [4.69, 9.17) is 10.3 Å². The Morgan fingerprint density at radius 2 is 1.90 bits per heavy atom. The van der Waals surface area contributed by atoms with E-state index in [2.05, 4.69) is 51.1 Å². The summed E-state index contributed by atoms with van der Waals surface area (Å²) in [7, 11) is 0. The molecule has 0 saturated heterocycles. The van der Waals surface area contributed by atoms with Gasteiger partial charge in [-0.05, 0) is 49.4 Å². The second kappa shape index (κ2) is 5.41. The Balaban J connectivity index is 2.58. The van der Waals surface area contributed by atoms with Crippen molar-refractivity contribution >= 4 is 0 Å². The molecule has 0 saturated carbocycles. The fraction of sp³-hybridized carbons (Fsp3) is 0.471. The third-order valence-electron chi connectivity index (χ3n) is 3.73. The van der Waals surface area contributed by atoms with E-state index in [1.807, 2.05) is 6.92 Å². The van der Waals surface area contributed by atoms with Crippen molar-refractivity contribution in [2.45, 2.75) is 46.5 Å². The normalized spacial score (nSPS) is 11.9. The number of aromatic nitrogens is 1. The van der Waals surface area contributed by atoms with E-state index >= 15 is 0 Å². The molecule has 3 nitrogen and oxygen atoms in total. The topological polar surface area (TPSA) is 52.0 Å². The van der Waals surface area contributed by atoms with Crippen molar-refractivity contribution in [3.05, 3.63) is 40.6 Å². The quantitative estimate of drug-likeness (QED) is 0.925. The van der Waals surface area contributed by atoms with Gasteiger partial charge >= 0.3 is 0 Å². The molecule has 1 heterocycles. The molecule has 0 bridgehead atoms. The van der Waals surface area contributed by atoms with Gasteiger partial charge in [0.05, 0.1) is 5.69 Å². The highest BCUT2D eigenvalue weighted by Gasteiger charge is 2.19. The molecule has 1 aromatic carbocycles. The fourth-order valence-corrected chi connectivity index (χ4v) is 2.37. The molecule has 108 valence electrons. The lowest BCUT2D eigenvalue weighted by atomic mass is 9.84. The Bertz CT molecular complexity index is 606. The van der Waals surface area contributed by atoms with Crippen molar-refractivity contribution in [2.24, 2.45) is 5.73 Å². The SMILES string of the molecule is Cc1ccc(C(C)(C)C)cc1-c1onc(C)c1CCN. The minimum absolute atomic E-state index is 0.117. The van der Waals surface area contributed by atoms with Crippen molar-refractivity contribution < 1.29 is 4.52 Å². The van der Waals surface area contributed by atoms with Gasteiger partial charge in [0, 0.05) is 11.1 Å². The molecule has 0 unspecified atom stereocenters. The molecule has 0 radical (unpaired) electrons. The van der Waals surface area contributed by atoms with Crippen LogP contribution in [0.4, 0.5) is 0 Å². The van der Waals surface area contributed by atoms with E-state index in [1.165, 1.54) is 11.1 Å². The van der Waals surface area contributed by atoms with Gasteiger partial charge in [0.15, 0.2) is 5.76 Å². The molecular weight excluding hydrogens is 248 g/mol. The fourth-order valence-electron chi connectivity index (χ4n) is 2.37. The van der Waals surface area contributed by atoms with Gasteiger partial charge < -0.3 is 10.3 Å². The molecule has 0 aliphatic heterocycles. The van der Waals surface area contributed by atoms with Crippen LogP contribution in [0.15, 0.2) is 22.7 Å². The van der Waals surface area contributed by atoms with Gasteiger partial charge in [0.2, 0.25) is 0 Å². The smallest absolute Gasteiger partial charge is 0.170 e. The highest BCUT2D eigenvalue weighted by Crippen LogP contribution is 2.33. The lowest BCUT2D eigenvalue weighted by Crippen LogP contribution is -2.11. The first-order valence-electron chi connectivity index (χ1n) is 7.11. The summed E-state index contributed by atoms with van der Waals surface area (Å²) in [6.45, 7) is 11.3. The maximum Gasteiger partial charge on any atom is 0.170 e. The van der Waals surface area contributed by atoms with Crippen LogP contribution in [0.3, 0.4) is 0 Å². The lowest BCUT2D eigenvalue weighted by molar-refractivity contribution is 0.426. The first-order chi connectivity index (χ1) is 9.34. The van der Waals surface area contributed by atoms with Crippen LogP contribution >= 0.6 is 0 Å². The van der Waals surface area contributed by atoms with E-state index in [1.54, 1.807) is 0 Å². The molecular formula is C17H24N2O. The first-order valence-corrected chi connectivity index (χ1v) is 7.11. The minimum atomic E-state index is 0.117. The number of nitrogens with zero attached hydrogens (tertiary/aromatic N) is 1. The summed E-state index contributed by atoms with van der Waals surface area (Å²) in [6.07, 6.45) is 0.795. The maximum atomic E-state index is 5.70. The van der Waals surface area contributed by atoms with Gasteiger partial charge in [-0.15, -0.1) is 0 Å². The molecule has 2 N–H and O–H groups in total. The largest absolute Gasteiger partial charge is 0.356 e. The Kier molecular flexibility index (Phi) is 4.00. The van der Waals surface area contributed by atoms with E-state index in [0.717, 1.165) is 29.0 Å². The zero-order chi connectivity index (χ0) is 14.9. The average Bonchev–Trinajstić information content (AvgIpc) is 2.71. The van der Waals surface area contributed by atoms with Crippen molar-refractivity contribution in [1.82, 2.24) is 5.16 Å². The third-order valence-corrected chi connectivity index (χ3v) is 3.73. The van der Waals surface area contributed by atoms with Crippen LogP contribution in [0.5, 0.6) is 0 Å². The second-order valence-corrected chi connectivity index (χ2v) is 6.39. The molecule has 3 heteroatoms. The number of hydrogen-bond acceptors (Lipinski definition) is 3. The molecule has 0 spiro atoms. The molecule has 2 rings (SSSR count). The Hall–Kier alpha value is -1.61. The van der Waals surface area contributed by atoms with Crippen LogP contribution in [-0.4, -0.2) is 11.7 Å². The lowest BCUT2D eigenvalue weighted by Gasteiger charge is -2.20. The summed E-state index contributed by atoms with van der Waals surface area (Å²) in [5, 5.41) is 4.11. The summed E-state index contributed by atoms with van der Waals surface area (Å²) >= 11 is 0. The zero-order valence-electron chi connectivity index (χ0n) is 13.1. The van der Waals surface area contributed by atoms with Crippen molar-refractivity contribution in [1.29, 1.82) is 0 Å². The highest BCUT2D eigenvalue weighted by molar-refractivity contribution is 5.67. The van der Waals surface area contributed by atoms with E-state index in [0.29, 0.717) is 6.54 Å². The number of benzene rings is 1. The highest BCUT2D eigenvalue weighted by atomic mass is 16.5.